The predicted molar refractivity (Wildman–Crippen MR) is 178 cm³/mol. The number of likely N-dealkylation sites (tertiary alicyclic amines) is 1. The average molecular weight is 629 g/mol. The third-order valence-electron chi connectivity index (χ3n) is 8.17. The number of carboxylic acid groups (broad SMARTS) is 1. The minimum Gasteiger partial charge on any atom is -0.489 e. The summed E-state index contributed by atoms with van der Waals surface area (Å²) in [6.07, 6.45) is 3.41. The Bertz CT molecular complexity index is 2050. The molecule has 1 amide bonds. The molecular formula is C37H29ClN4O4. The number of para-hydroxylation sites is 1. The second-order valence-electron chi connectivity index (χ2n) is 11.2. The van der Waals surface area contributed by atoms with Gasteiger partial charge < -0.3 is 14.7 Å². The molecule has 2 aromatic heterocycles. The molecule has 0 bridgehead atoms. The summed E-state index contributed by atoms with van der Waals surface area (Å²) in [7, 11) is 0. The van der Waals surface area contributed by atoms with Gasteiger partial charge in [-0.15, -0.1) is 0 Å². The fourth-order valence-electron chi connectivity index (χ4n) is 5.82. The molecule has 0 unspecified atom stereocenters. The maximum absolute atomic E-state index is 13.2. The van der Waals surface area contributed by atoms with Crippen molar-refractivity contribution in [2.45, 2.75) is 19.4 Å². The van der Waals surface area contributed by atoms with E-state index in [2.05, 4.69) is 4.98 Å². The lowest BCUT2D eigenvalue weighted by Gasteiger charge is -2.18. The van der Waals surface area contributed by atoms with Gasteiger partial charge in [-0.1, -0.05) is 48.0 Å². The van der Waals surface area contributed by atoms with Gasteiger partial charge >= 0.3 is 5.97 Å². The van der Waals surface area contributed by atoms with Crippen molar-refractivity contribution < 1.29 is 19.4 Å². The molecule has 0 radical (unpaired) electrons. The van der Waals surface area contributed by atoms with Gasteiger partial charge in [-0.25, -0.2) is 14.8 Å². The second-order valence-corrected chi connectivity index (χ2v) is 11.6. The minimum atomic E-state index is -1.06. The number of aromatic carboxylic acids is 1. The normalized spacial score (nSPS) is 12.8. The summed E-state index contributed by atoms with van der Waals surface area (Å²) in [6, 6.07) is 32.2. The van der Waals surface area contributed by atoms with Gasteiger partial charge in [-0.2, -0.15) is 0 Å². The Hall–Kier alpha value is -5.47. The summed E-state index contributed by atoms with van der Waals surface area (Å²) < 4.78 is 8.20. The highest BCUT2D eigenvalue weighted by Crippen LogP contribution is 2.31. The van der Waals surface area contributed by atoms with Gasteiger partial charge in [-0.05, 0) is 96.3 Å². The molecule has 9 heteroatoms. The van der Waals surface area contributed by atoms with Crippen LogP contribution in [0.5, 0.6) is 5.75 Å². The lowest BCUT2D eigenvalue weighted by Crippen LogP contribution is -2.27. The zero-order valence-electron chi connectivity index (χ0n) is 24.8. The number of fused-ring (bicyclic) bond motifs is 1. The number of imidazole rings is 1. The molecule has 4 aromatic carbocycles. The summed E-state index contributed by atoms with van der Waals surface area (Å²) in [5, 5.41) is 10.1. The predicted octanol–water partition coefficient (Wildman–Crippen LogP) is 7.92. The van der Waals surface area contributed by atoms with E-state index in [-0.39, 0.29) is 18.1 Å². The molecule has 1 aliphatic heterocycles. The molecule has 0 atom stereocenters. The fraction of sp³-hybridized carbons (Fsp3) is 0.135. The first kappa shape index (κ1) is 29.3. The van der Waals surface area contributed by atoms with Gasteiger partial charge in [0.05, 0.1) is 5.56 Å². The third kappa shape index (κ3) is 5.82. The number of pyridine rings is 1. The van der Waals surface area contributed by atoms with E-state index in [9.17, 15) is 14.7 Å². The largest absolute Gasteiger partial charge is 0.489 e. The van der Waals surface area contributed by atoms with Gasteiger partial charge in [0.2, 0.25) is 0 Å². The third-order valence-corrected chi connectivity index (χ3v) is 8.42. The van der Waals surface area contributed by atoms with Crippen molar-refractivity contribution in [3.8, 4) is 34.0 Å². The van der Waals surface area contributed by atoms with Gasteiger partial charge in [-0.3, -0.25) is 9.36 Å². The van der Waals surface area contributed by atoms with Crippen LogP contribution in [0.3, 0.4) is 0 Å². The van der Waals surface area contributed by atoms with Gasteiger partial charge in [0.25, 0.3) is 5.91 Å². The molecule has 0 aliphatic carbocycles. The van der Waals surface area contributed by atoms with Gasteiger partial charge in [0, 0.05) is 41.1 Å². The molecule has 8 nitrogen and oxygen atoms in total. The number of carboxylic acids is 1. The van der Waals surface area contributed by atoms with Crippen molar-refractivity contribution in [1.82, 2.24) is 19.4 Å². The molecule has 6 aromatic rings. The van der Waals surface area contributed by atoms with E-state index in [1.165, 1.54) is 12.3 Å². The first-order chi connectivity index (χ1) is 22.4. The summed E-state index contributed by atoms with van der Waals surface area (Å²) >= 11 is 6.16. The topological polar surface area (TPSA) is 97.5 Å². The number of hydrogen-bond donors (Lipinski definition) is 1. The van der Waals surface area contributed by atoms with Crippen LogP contribution in [0.25, 0.3) is 39.4 Å². The van der Waals surface area contributed by atoms with E-state index < -0.39 is 5.97 Å². The number of halogens is 1. The molecular weight excluding hydrogens is 600 g/mol. The first-order valence-electron chi connectivity index (χ1n) is 15.0. The number of benzene rings is 4. The molecule has 1 N–H and O–H groups in total. The van der Waals surface area contributed by atoms with Gasteiger partial charge in [0.15, 0.2) is 5.65 Å². The number of carbonyl (C=O) groups excluding carboxylic acids is 1. The molecule has 7 rings (SSSR count). The number of hydrogen-bond acceptors (Lipinski definition) is 5. The van der Waals surface area contributed by atoms with Gasteiger partial charge in [0.1, 0.15) is 23.7 Å². The molecule has 1 saturated heterocycles. The Balaban J connectivity index is 1.19. The lowest BCUT2D eigenvalue weighted by atomic mass is 9.97. The summed E-state index contributed by atoms with van der Waals surface area (Å²) in [6.45, 7) is 1.82. The number of nitrogens with zero attached hydrogens (tertiary/aromatic N) is 4. The number of amides is 1. The molecule has 228 valence electrons. The molecule has 1 aliphatic rings. The van der Waals surface area contributed by atoms with Crippen LogP contribution in [0.15, 0.2) is 109 Å². The lowest BCUT2D eigenvalue weighted by molar-refractivity contribution is 0.0695. The monoisotopic (exact) mass is 628 g/mol. The highest BCUT2D eigenvalue weighted by atomic mass is 35.5. The van der Waals surface area contributed by atoms with Crippen LogP contribution in [0, 0.1) is 0 Å². The number of carbonyl (C=O) groups is 2. The standard InChI is InChI=1S/C37H29ClN4O4/c38-29-13-8-24(9-14-29)32-17-12-26(36(43)41-18-4-5-19-41)20-28(32)23-46-31-15-10-25(11-16-31)34-40-33-21-27(37(44)45)22-39-35(33)42(34)30-6-2-1-3-7-30/h1-3,6-17,20-22H,4-5,18-19,23H2,(H,44,45). The highest BCUT2D eigenvalue weighted by Gasteiger charge is 2.21. The highest BCUT2D eigenvalue weighted by molar-refractivity contribution is 6.30. The van der Waals surface area contributed by atoms with E-state index in [1.54, 1.807) is 0 Å². The van der Waals surface area contributed by atoms with E-state index >= 15 is 0 Å². The Morgan fingerprint density at radius 3 is 2.26 bits per heavy atom. The quantitative estimate of drug-likeness (QED) is 0.184. The van der Waals surface area contributed by atoms with Crippen LogP contribution in [-0.4, -0.2) is 49.5 Å². The van der Waals surface area contributed by atoms with Crippen LogP contribution in [0.1, 0.15) is 39.1 Å². The summed E-state index contributed by atoms with van der Waals surface area (Å²) in [4.78, 5) is 35.9. The maximum Gasteiger partial charge on any atom is 0.337 e. The minimum absolute atomic E-state index is 0.0389. The fourth-order valence-corrected chi connectivity index (χ4v) is 5.94. The zero-order valence-corrected chi connectivity index (χ0v) is 25.5. The Morgan fingerprint density at radius 1 is 0.826 bits per heavy atom. The van der Waals surface area contributed by atoms with E-state index in [1.807, 2.05) is 107 Å². The first-order valence-corrected chi connectivity index (χ1v) is 15.4. The average Bonchev–Trinajstić information content (AvgIpc) is 3.77. The van der Waals surface area contributed by atoms with Crippen molar-refractivity contribution >= 4 is 34.6 Å². The van der Waals surface area contributed by atoms with Crippen LogP contribution < -0.4 is 4.74 Å². The van der Waals surface area contributed by atoms with E-state index in [0.717, 1.165) is 53.9 Å². The second kappa shape index (κ2) is 12.5. The molecule has 3 heterocycles. The van der Waals surface area contributed by atoms with Crippen LogP contribution in [-0.2, 0) is 6.61 Å². The molecule has 0 saturated carbocycles. The van der Waals surface area contributed by atoms with Crippen molar-refractivity contribution in [3.63, 3.8) is 0 Å². The molecule has 46 heavy (non-hydrogen) atoms. The van der Waals surface area contributed by atoms with Crippen LogP contribution in [0.2, 0.25) is 5.02 Å². The smallest absolute Gasteiger partial charge is 0.337 e. The number of rotatable bonds is 8. The Kier molecular flexibility index (Phi) is 7.95. The van der Waals surface area contributed by atoms with Crippen molar-refractivity contribution in [2.24, 2.45) is 0 Å². The SMILES string of the molecule is O=C(O)c1cnc2c(c1)nc(-c1ccc(OCc3cc(C(=O)N4CCCC4)ccc3-c3ccc(Cl)cc3)cc1)n2-c1ccccc1. The Labute approximate surface area is 270 Å². The van der Waals surface area contributed by atoms with E-state index in [0.29, 0.717) is 33.3 Å². The van der Waals surface area contributed by atoms with Crippen molar-refractivity contribution in [1.29, 1.82) is 0 Å². The molecule has 1 fully saturated rings. The van der Waals surface area contributed by atoms with Crippen LogP contribution >= 0.6 is 11.6 Å². The Morgan fingerprint density at radius 2 is 1.54 bits per heavy atom. The van der Waals surface area contributed by atoms with E-state index in [4.69, 9.17) is 21.3 Å². The maximum atomic E-state index is 13.2. The number of aromatic nitrogens is 3. The number of ether oxygens (including phenoxy) is 1. The summed E-state index contributed by atoms with van der Waals surface area (Å²) in [5.41, 5.74) is 6.27. The zero-order chi connectivity index (χ0) is 31.6. The molecule has 0 spiro atoms. The summed E-state index contributed by atoms with van der Waals surface area (Å²) in [5.74, 6) is 0.255. The van der Waals surface area contributed by atoms with Crippen molar-refractivity contribution in [2.75, 3.05) is 13.1 Å². The van der Waals surface area contributed by atoms with Crippen LogP contribution in [0.4, 0.5) is 0 Å². The van der Waals surface area contributed by atoms with Crippen molar-refractivity contribution in [3.05, 3.63) is 131 Å².